The van der Waals surface area contributed by atoms with Gasteiger partial charge in [0.1, 0.15) is 5.52 Å². The number of nitrogens with two attached hydrogens (primary N) is 1. The number of oxazole rings is 1. The summed E-state index contributed by atoms with van der Waals surface area (Å²) in [5.41, 5.74) is 11.7. The van der Waals surface area contributed by atoms with Crippen molar-refractivity contribution < 1.29 is 4.42 Å². The van der Waals surface area contributed by atoms with Crippen LogP contribution in [0, 0.1) is 13.8 Å². The Morgan fingerprint density at radius 1 is 1.15 bits per heavy atom. The van der Waals surface area contributed by atoms with Crippen LogP contribution in [0.5, 0.6) is 0 Å². The van der Waals surface area contributed by atoms with Gasteiger partial charge >= 0.3 is 0 Å². The first kappa shape index (κ1) is 12.5. The molecule has 0 fully saturated rings. The van der Waals surface area contributed by atoms with Crippen LogP contribution in [0.2, 0.25) is 0 Å². The molecule has 0 amide bonds. The molecular formula is C16H17N3O. The molecule has 102 valence electrons. The first-order valence-corrected chi connectivity index (χ1v) is 6.58. The summed E-state index contributed by atoms with van der Waals surface area (Å²) in [6, 6.07) is 12.0. The lowest BCUT2D eigenvalue weighted by molar-refractivity contribution is 0.561. The van der Waals surface area contributed by atoms with Crippen molar-refractivity contribution in [3.05, 3.63) is 53.4 Å². The first-order valence-electron chi connectivity index (χ1n) is 6.58. The largest absolute Gasteiger partial charge is 0.441 e. The van der Waals surface area contributed by atoms with Crippen molar-refractivity contribution in [2.75, 3.05) is 11.1 Å². The lowest BCUT2D eigenvalue weighted by atomic mass is 10.1. The number of hydrogen-bond acceptors (Lipinski definition) is 4. The van der Waals surface area contributed by atoms with Crippen molar-refractivity contribution in [1.29, 1.82) is 0 Å². The number of hydrogen-bond donors (Lipinski definition) is 2. The molecule has 0 spiro atoms. The number of aryl methyl sites for hydroxylation is 2. The number of nitrogens with one attached hydrogen (secondary N) is 1. The third-order valence-corrected chi connectivity index (χ3v) is 3.25. The highest BCUT2D eigenvalue weighted by Crippen LogP contribution is 2.21. The van der Waals surface area contributed by atoms with Crippen molar-refractivity contribution >= 4 is 22.5 Å². The molecule has 0 saturated carbocycles. The Kier molecular flexibility index (Phi) is 3.06. The third-order valence-electron chi connectivity index (χ3n) is 3.25. The van der Waals surface area contributed by atoms with Crippen LogP contribution in [0.15, 0.2) is 40.8 Å². The van der Waals surface area contributed by atoms with Crippen molar-refractivity contribution in [1.82, 2.24) is 4.98 Å². The molecule has 0 atom stereocenters. The average Bonchev–Trinajstić information content (AvgIpc) is 2.79. The van der Waals surface area contributed by atoms with E-state index in [1.54, 1.807) is 0 Å². The SMILES string of the molecule is Cc1ccc(N)c(NCc2ccc3oc(C)nc3c2)c1. The van der Waals surface area contributed by atoms with E-state index < -0.39 is 0 Å². The van der Waals surface area contributed by atoms with Crippen LogP contribution in [0.25, 0.3) is 11.1 Å². The number of benzene rings is 2. The molecule has 3 aromatic rings. The number of anilines is 2. The summed E-state index contributed by atoms with van der Waals surface area (Å²) in [6.07, 6.45) is 0. The molecule has 0 bridgehead atoms. The summed E-state index contributed by atoms with van der Waals surface area (Å²) in [6.45, 7) is 4.61. The Morgan fingerprint density at radius 2 is 2.00 bits per heavy atom. The average molecular weight is 267 g/mol. The topological polar surface area (TPSA) is 64.1 Å². The van der Waals surface area contributed by atoms with Crippen LogP contribution in [0.1, 0.15) is 17.0 Å². The molecule has 0 saturated heterocycles. The normalized spacial score (nSPS) is 10.9. The summed E-state index contributed by atoms with van der Waals surface area (Å²) in [5.74, 6) is 0.688. The molecule has 3 rings (SSSR count). The molecule has 0 radical (unpaired) electrons. The Labute approximate surface area is 117 Å². The molecule has 1 aromatic heterocycles. The van der Waals surface area contributed by atoms with Gasteiger partial charge in [0.05, 0.1) is 11.4 Å². The molecule has 1 heterocycles. The summed E-state index contributed by atoms with van der Waals surface area (Å²) in [5, 5.41) is 3.36. The number of nitrogens with zero attached hydrogens (tertiary/aromatic N) is 1. The fourth-order valence-electron chi connectivity index (χ4n) is 2.22. The van der Waals surface area contributed by atoms with Crippen molar-refractivity contribution in [3.8, 4) is 0 Å². The lowest BCUT2D eigenvalue weighted by Gasteiger charge is -2.10. The summed E-state index contributed by atoms with van der Waals surface area (Å²) < 4.78 is 5.47. The third kappa shape index (κ3) is 2.45. The quantitative estimate of drug-likeness (QED) is 0.711. The molecule has 4 nitrogen and oxygen atoms in total. The van der Waals surface area contributed by atoms with E-state index in [2.05, 4.69) is 17.2 Å². The fourth-order valence-corrected chi connectivity index (χ4v) is 2.22. The number of fused-ring (bicyclic) bond motifs is 1. The Bertz CT molecular complexity index is 762. The zero-order valence-corrected chi connectivity index (χ0v) is 11.6. The second kappa shape index (κ2) is 4.89. The van der Waals surface area contributed by atoms with E-state index in [1.165, 1.54) is 5.56 Å². The Balaban J connectivity index is 1.80. The molecule has 0 aliphatic heterocycles. The van der Waals surface area contributed by atoms with E-state index in [0.717, 1.165) is 28.0 Å². The maximum atomic E-state index is 5.96. The molecule has 4 heteroatoms. The zero-order valence-electron chi connectivity index (χ0n) is 11.6. The highest BCUT2D eigenvalue weighted by molar-refractivity contribution is 5.73. The first-order chi connectivity index (χ1) is 9.61. The molecule has 0 aliphatic carbocycles. The van der Waals surface area contributed by atoms with Crippen LogP contribution in [0.4, 0.5) is 11.4 Å². The summed E-state index contributed by atoms with van der Waals surface area (Å²) in [4.78, 5) is 4.34. The number of nitrogen functional groups attached to an aromatic ring is 1. The monoisotopic (exact) mass is 267 g/mol. The molecule has 20 heavy (non-hydrogen) atoms. The highest BCUT2D eigenvalue weighted by atomic mass is 16.3. The van der Waals surface area contributed by atoms with Gasteiger partial charge in [-0.25, -0.2) is 4.98 Å². The predicted molar refractivity (Wildman–Crippen MR) is 81.7 cm³/mol. The van der Waals surface area contributed by atoms with Gasteiger partial charge in [-0.05, 0) is 42.3 Å². The van der Waals surface area contributed by atoms with Gasteiger partial charge in [-0.15, -0.1) is 0 Å². The van der Waals surface area contributed by atoms with E-state index in [1.807, 2.05) is 43.3 Å². The zero-order chi connectivity index (χ0) is 14.1. The standard InChI is InChI=1S/C16H17N3O/c1-10-3-5-13(17)14(7-10)18-9-12-4-6-16-15(8-12)19-11(2)20-16/h3-8,18H,9,17H2,1-2H3. The predicted octanol–water partition coefficient (Wildman–Crippen LogP) is 3.64. The van der Waals surface area contributed by atoms with Gasteiger partial charge in [-0.3, -0.25) is 0 Å². The molecule has 0 unspecified atom stereocenters. The maximum Gasteiger partial charge on any atom is 0.192 e. The Morgan fingerprint density at radius 3 is 2.85 bits per heavy atom. The van der Waals surface area contributed by atoms with Crippen LogP contribution in [0.3, 0.4) is 0 Å². The summed E-state index contributed by atoms with van der Waals surface area (Å²) in [7, 11) is 0. The molecule has 2 aromatic carbocycles. The van der Waals surface area contributed by atoms with E-state index in [-0.39, 0.29) is 0 Å². The minimum Gasteiger partial charge on any atom is -0.441 e. The van der Waals surface area contributed by atoms with Crippen molar-refractivity contribution in [2.24, 2.45) is 0 Å². The van der Waals surface area contributed by atoms with E-state index >= 15 is 0 Å². The van der Waals surface area contributed by atoms with E-state index in [9.17, 15) is 0 Å². The van der Waals surface area contributed by atoms with Crippen LogP contribution >= 0.6 is 0 Å². The molecule has 0 aliphatic rings. The highest BCUT2D eigenvalue weighted by Gasteiger charge is 2.04. The van der Waals surface area contributed by atoms with Gasteiger partial charge in [0.2, 0.25) is 0 Å². The van der Waals surface area contributed by atoms with Crippen LogP contribution in [-0.2, 0) is 6.54 Å². The second-order valence-electron chi connectivity index (χ2n) is 4.98. The summed E-state index contributed by atoms with van der Waals surface area (Å²) >= 11 is 0. The fraction of sp³-hybridized carbons (Fsp3) is 0.188. The molecular weight excluding hydrogens is 250 g/mol. The van der Waals surface area contributed by atoms with Crippen molar-refractivity contribution in [3.63, 3.8) is 0 Å². The maximum absolute atomic E-state index is 5.96. The number of aromatic nitrogens is 1. The molecule has 3 N–H and O–H groups in total. The van der Waals surface area contributed by atoms with E-state index in [0.29, 0.717) is 12.4 Å². The van der Waals surface area contributed by atoms with Crippen LogP contribution < -0.4 is 11.1 Å². The van der Waals surface area contributed by atoms with Gasteiger partial charge < -0.3 is 15.5 Å². The van der Waals surface area contributed by atoms with Gasteiger partial charge in [0.25, 0.3) is 0 Å². The second-order valence-corrected chi connectivity index (χ2v) is 4.98. The number of rotatable bonds is 3. The van der Waals surface area contributed by atoms with Gasteiger partial charge in [-0.2, -0.15) is 0 Å². The lowest BCUT2D eigenvalue weighted by Crippen LogP contribution is -2.02. The van der Waals surface area contributed by atoms with E-state index in [4.69, 9.17) is 10.2 Å². The minimum atomic E-state index is 0.688. The van der Waals surface area contributed by atoms with Crippen LogP contribution in [-0.4, -0.2) is 4.98 Å². The minimum absolute atomic E-state index is 0.688. The Hall–Kier alpha value is -2.49. The van der Waals surface area contributed by atoms with Gasteiger partial charge in [0.15, 0.2) is 11.5 Å². The van der Waals surface area contributed by atoms with Gasteiger partial charge in [-0.1, -0.05) is 12.1 Å². The van der Waals surface area contributed by atoms with Gasteiger partial charge in [0, 0.05) is 13.5 Å². The van der Waals surface area contributed by atoms with Crippen molar-refractivity contribution in [2.45, 2.75) is 20.4 Å². The smallest absolute Gasteiger partial charge is 0.192 e.